The number of benzene rings is 1. The maximum atomic E-state index is 11.6. The smallest absolute Gasteiger partial charge is 0.221 e. The standard InChI is InChI=1S/C17H27ClN4O/c1-4-10-20-16(23)9-11-21-17(19-5-2)22(3)13-14-7-6-8-15(18)12-14/h6-8,12H,4-5,9-11,13H2,1-3H3,(H,19,21)(H,20,23). The second-order valence-corrected chi connectivity index (χ2v) is 5.76. The third-order valence-electron chi connectivity index (χ3n) is 3.18. The van der Waals surface area contributed by atoms with E-state index in [1.165, 1.54) is 0 Å². The minimum atomic E-state index is 0.0453. The SMILES string of the molecule is CCCNC(=O)CCN=C(NCC)N(C)Cc1cccc(Cl)c1. The molecular weight excluding hydrogens is 312 g/mol. The van der Waals surface area contributed by atoms with Crippen LogP contribution in [0.4, 0.5) is 0 Å². The van der Waals surface area contributed by atoms with E-state index in [2.05, 4.69) is 15.6 Å². The molecule has 0 spiro atoms. The highest BCUT2D eigenvalue weighted by molar-refractivity contribution is 6.30. The third kappa shape index (κ3) is 7.88. The summed E-state index contributed by atoms with van der Waals surface area (Å²) in [5.41, 5.74) is 1.12. The highest BCUT2D eigenvalue weighted by Crippen LogP contribution is 2.12. The predicted octanol–water partition coefficient (Wildman–Crippen LogP) is 2.65. The number of halogens is 1. The van der Waals surface area contributed by atoms with Crippen LogP contribution in [0.25, 0.3) is 0 Å². The van der Waals surface area contributed by atoms with Gasteiger partial charge in [0.2, 0.25) is 5.91 Å². The van der Waals surface area contributed by atoms with Crippen LogP contribution < -0.4 is 10.6 Å². The van der Waals surface area contributed by atoms with Gasteiger partial charge in [0, 0.05) is 38.1 Å². The van der Waals surface area contributed by atoms with Gasteiger partial charge in [-0.05, 0) is 31.0 Å². The van der Waals surface area contributed by atoms with Crippen molar-refractivity contribution >= 4 is 23.5 Å². The van der Waals surface area contributed by atoms with Crippen molar-refractivity contribution in [2.24, 2.45) is 4.99 Å². The van der Waals surface area contributed by atoms with Crippen LogP contribution in [0.15, 0.2) is 29.3 Å². The summed E-state index contributed by atoms with van der Waals surface area (Å²) >= 11 is 6.02. The molecule has 0 unspecified atom stereocenters. The average Bonchev–Trinajstić information content (AvgIpc) is 2.52. The minimum Gasteiger partial charge on any atom is -0.357 e. The monoisotopic (exact) mass is 338 g/mol. The molecule has 1 aromatic rings. The van der Waals surface area contributed by atoms with Gasteiger partial charge in [-0.25, -0.2) is 0 Å². The molecule has 0 aliphatic heterocycles. The summed E-state index contributed by atoms with van der Waals surface area (Å²) in [6.45, 7) is 6.73. The van der Waals surface area contributed by atoms with E-state index < -0.39 is 0 Å². The van der Waals surface area contributed by atoms with E-state index in [1.807, 2.05) is 50.1 Å². The Morgan fingerprint density at radius 1 is 1.30 bits per heavy atom. The summed E-state index contributed by atoms with van der Waals surface area (Å²) in [4.78, 5) is 18.2. The van der Waals surface area contributed by atoms with Gasteiger partial charge in [0.25, 0.3) is 0 Å². The van der Waals surface area contributed by atoms with Gasteiger partial charge >= 0.3 is 0 Å². The first-order valence-electron chi connectivity index (χ1n) is 8.07. The van der Waals surface area contributed by atoms with Crippen LogP contribution in [0, 0.1) is 0 Å². The maximum Gasteiger partial charge on any atom is 0.221 e. The molecule has 0 bridgehead atoms. The molecule has 1 amide bonds. The molecule has 0 aliphatic rings. The van der Waals surface area contributed by atoms with Gasteiger partial charge in [-0.15, -0.1) is 0 Å². The first-order valence-corrected chi connectivity index (χ1v) is 8.45. The van der Waals surface area contributed by atoms with E-state index in [9.17, 15) is 4.79 Å². The van der Waals surface area contributed by atoms with Crippen molar-refractivity contribution in [2.75, 3.05) is 26.7 Å². The van der Waals surface area contributed by atoms with Gasteiger partial charge in [0.15, 0.2) is 5.96 Å². The lowest BCUT2D eigenvalue weighted by molar-refractivity contribution is -0.120. The number of carbonyl (C=O) groups is 1. The van der Waals surface area contributed by atoms with Crippen molar-refractivity contribution in [3.05, 3.63) is 34.9 Å². The summed E-state index contributed by atoms with van der Waals surface area (Å²) < 4.78 is 0. The zero-order valence-corrected chi connectivity index (χ0v) is 15.0. The number of nitrogens with one attached hydrogen (secondary N) is 2. The van der Waals surface area contributed by atoms with E-state index in [-0.39, 0.29) is 5.91 Å². The molecule has 0 saturated carbocycles. The zero-order chi connectivity index (χ0) is 17.1. The second kappa shape index (κ2) is 10.9. The molecule has 0 aliphatic carbocycles. The summed E-state index contributed by atoms with van der Waals surface area (Å²) in [5.74, 6) is 0.833. The molecule has 6 heteroatoms. The van der Waals surface area contributed by atoms with E-state index in [0.717, 1.165) is 36.1 Å². The number of hydrogen-bond acceptors (Lipinski definition) is 2. The lowest BCUT2D eigenvalue weighted by atomic mass is 10.2. The first-order chi connectivity index (χ1) is 11.1. The molecule has 1 aromatic carbocycles. The third-order valence-corrected chi connectivity index (χ3v) is 3.41. The Morgan fingerprint density at radius 2 is 2.09 bits per heavy atom. The predicted molar refractivity (Wildman–Crippen MR) is 96.8 cm³/mol. The Morgan fingerprint density at radius 3 is 2.74 bits per heavy atom. The number of rotatable bonds is 8. The number of guanidine groups is 1. The Kier molecular flexibility index (Phi) is 9.14. The topological polar surface area (TPSA) is 56.7 Å². The summed E-state index contributed by atoms with van der Waals surface area (Å²) in [5, 5.41) is 6.83. The Balaban J connectivity index is 2.57. The largest absolute Gasteiger partial charge is 0.357 e. The van der Waals surface area contributed by atoms with Gasteiger partial charge in [0.1, 0.15) is 0 Å². The molecule has 0 radical (unpaired) electrons. The molecule has 1 rings (SSSR count). The van der Waals surface area contributed by atoms with Crippen molar-refractivity contribution in [1.29, 1.82) is 0 Å². The lowest BCUT2D eigenvalue weighted by Crippen LogP contribution is -2.38. The van der Waals surface area contributed by atoms with Crippen molar-refractivity contribution in [3.63, 3.8) is 0 Å². The fourth-order valence-corrected chi connectivity index (χ4v) is 2.28. The summed E-state index contributed by atoms with van der Waals surface area (Å²) in [6, 6.07) is 7.77. The zero-order valence-electron chi connectivity index (χ0n) is 14.2. The normalized spacial score (nSPS) is 11.2. The van der Waals surface area contributed by atoms with Crippen LogP contribution in [0.2, 0.25) is 5.02 Å². The number of nitrogens with zero attached hydrogens (tertiary/aromatic N) is 2. The van der Waals surface area contributed by atoms with Gasteiger partial charge in [-0.3, -0.25) is 9.79 Å². The summed E-state index contributed by atoms with van der Waals surface area (Å²) in [7, 11) is 1.97. The summed E-state index contributed by atoms with van der Waals surface area (Å²) in [6.07, 6.45) is 1.35. The molecule has 5 nitrogen and oxygen atoms in total. The highest BCUT2D eigenvalue weighted by Gasteiger charge is 2.07. The molecule has 2 N–H and O–H groups in total. The Labute approximate surface area is 144 Å². The number of carbonyl (C=O) groups excluding carboxylic acids is 1. The maximum absolute atomic E-state index is 11.6. The van der Waals surface area contributed by atoms with Gasteiger partial charge in [0.05, 0.1) is 6.54 Å². The van der Waals surface area contributed by atoms with Crippen LogP contribution in [0.1, 0.15) is 32.3 Å². The number of aliphatic imine (C=N–C) groups is 1. The fraction of sp³-hybridized carbons (Fsp3) is 0.529. The van der Waals surface area contributed by atoms with E-state index in [0.29, 0.717) is 19.5 Å². The molecule has 23 heavy (non-hydrogen) atoms. The van der Waals surface area contributed by atoms with E-state index >= 15 is 0 Å². The first kappa shape index (κ1) is 19.3. The van der Waals surface area contributed by atoms with Crippen molar-refractivity contribution in [1.82, 2.24) is 15.5 Å². The average molecular weight is 339 g/mol. The highest BCUT2D eigenvalue weighted by atomic mass is 35.5. The molecule has 0 heterocycles. The van der Waals surface area contributed by atoms with Gasteiger partial charge in [-0.1, -0.05) is 30.7 Å². The van der Waals surface area contributed by atoms with Crippen LogP contribution in [0.3, 0.4) is 0 Å². The fourth-order valence-electron chi connectivity index (χ4n) is 2.07. The van der Waals surface area contributed by atoms with Crippen LogP contribution >= 0.6 is 11.6 Å². The lowest BCUT2D eigenvalue weighted by Gasteiger charge is -2.22. The van der Waals surface area contributed by atoms with Crippen molar-refractivity contribution in [3.8, 4) is 0 Å². The van der Waals surface area contributed by atoms with Gasteiger partial charge in [-0.2, -0.15) is 0 Å². The van der Waals surface area contributed by atoms with Crippen LogP contribution in [-0.2, 0) is 11.3 Å². The molecule has 0 fully saturated rings. The molecule has 0 aromatic heterocycles. The van der Waals surface area contributed by atoms with Crippen molar-refractivity contribution < 1.29 is 4.79 Å². The molecule has 128 valence electrons. The van der Waals surface area contributed by atoms with Gasteiger partial charge < -0.3 is 15.5 Å². The Bertz CT molecular complexity index is 519. The quantitative estimate of drug-likeness (QED) is 0.566. The molecule has 0 saturated heterocycles. The minimum absolute atomic E-state index is 0.0453. The Hall–Kier alpha value is -1.75. The molecular formula is C17H27ClN4O. The van der Waals surface area contributed by atoms with Crippen LogP contribution in [0.5, 0.6) is 0 Å². The molecule has 0 atom stereocenters. The van der Waals surface area contributed by atoms with E-state index in [1.54, 1.807) is 0 Å². The van der Waals surface area contributed by atoms with Crippen LogP contribution in [-0.4, -0.2) is 43.4 Å². The van der Waals surface area contributed by atoms with E-state index in [4.69, 9.17) is 11.6 Å². The number of hydrogen-bond donors (Lipinski definition) is 2. The number of amides is 1. The second-order valence-electron chi connectivity index (χ2n) is 5.32. The van der Waals surface area contributed by atoms with Crippen molar-refractivity contribution in [2.45, 2.75) is 33.2 Å².